The van der Waals surface area contributed by atoms with Crippen molar-refractivity contribution in [2.75, 3.05) is 10.6 Å². The van der Waals surface area contributed by atoms with Crippen LogP contribution >= 0.6 is 23.2 Å². The molecular formula is C21H14Cl2FN3O. The minimum Gasteiger partial charge on any atom is -0.506 e. The largest absolute Gasteiger partial charge is 0.506 e. The van der Waals surface area contributed by atoms with E-state index >= 15 is 0 Å². The Balaban J connectivity index is 1.80. The van der Waals surface area contributed by atoms with Gasteiger partial charge in [0.15, 0.2) is 0 Å². The van der Waals surface area contributed by atoms with Crippen molar-refractivity contribution in [1.29, 1.82) is 0 Å². The Morgan fingerprint density at radius 3 is 2.43 bits per heavy atom. The zero-order valence-electron chi connectivity index (χ0n) is 14.4. The number of anilines is 4. The van der Waals surface area contributed by atoms with Crippen LogP contribution in [-0.2, 0) is 0 Å². The molecule has 0 aliphatic heterocycles. The minimum atomic E-state index is -0.448. The molecule has 140 valence electrons. The minimum absolute atomic E-state index is 0.0666. The van der Waals surface area contributed by atoms with Crippen LogP contribution in [-0.4, -0.2) is 10.1 Å². The molecule has 3 N–H and O–H groups in total. The Bertz CT molecular complexity index is 1180. The quantitative estimate of drug-likeness (QED) is 0.319. The van der Waals surface area contributed by atoms with Crippen LogP contribution in [0.1, 0.15) is 0 Å². The molecule has 7 heteroatoms. The molecule has 0 radical (unpaired) electrons. The standard InChI is InChI=1S/C21H14Cl2FN3O/c22-14-9-8-12(10-15(14)23)25-18-11-20(26-17-6-1-2-7-19(17)28)27-21-13(18)4-3-5-16(21)24/h1-11,28H,(H2,25,26,27). The molecule has 0 aliphatic rings. The number of nitrogens with zero attached hydrogens (tertiary/aromatic N) is 1. The maximum Gasteiger partial charge on any atom is 0.149 e. The van der Waals surface area contributed by atoms with Crippen LogP contribution in [0.15, 0.2) is 66.7 Å². The third kappa shape index (κ3) is 3.67. The molecule has 0 saturated heterocycles. The lowest BCUT2D eigenvalue weighted by Crippen LogP contribution is -1.99. The Morgan fingerprint density at radius 2 is 1.64 bits per heavy atom. The van der Waals surface area contributed by atoms with Crippen molar-refractivity contribution < 1.29 is 9.50 Å². The van der Waals surface area contributed by atoms with Gasteiger partial charge in [-0.25, -0.2) is 9.37 Å². The summed E-state index contributed by atoms with van der Waals surface area (Å²) in [5, 5.41) is 17.7. The Labute approximate surface area is 170 Å². The molecule has 4 aromatic rings. The SMILES string of the molecule is Oc1ccccc1Nc1cc(Nc2ccc(Cl)c(Cl)c2)c2cccc(F)c2n1. The van der Waals surface area contributed by atoms with Crippen molar-refractivity contribution in [2.24, 2.45) is 0 Å². The summed E-state index contributed by atoms with van der Waals surface area (Å²) < 4.78 is 14.4. The number of aromatic nitrogens is 1. The first-order valence-corrected chi connectivity index (χ1v) is 9.13. The van der Waals surface area contributed by atoms with Crippen LogP contribution in [0.5, 0.6) is 5.75 Å². The van der Waals surface area contributed by atoms with Crippen LogP contribution < -0.4 is 10.6 Å². The van der Waals surface area contributed by atoms with E-state index in [2.05, 4.69) is 15.6 Å². The molecule has 3 aromatic carbocycles. The first-order chi connectivity index (χ1) is 13.5. The third-order valence-electron chi connectivity index (χ3n) is 4.16. The second kappa shape index (κ2) is 7.54. The van der Waals surface area contributed by atoms with E-state index in [0.29, 0.717) is 38.3 Å². The molecule has 4 rings (SSSR count). The van der Waals surface area contributed by atoms with Crippen LogP contribution in [0, 0.1) is 5.82 Å². The second-order valence-corrected chi connectivity index (χ2v) is 6.90. The average molecular weight is 414 g/mol. The molecule has 0 amide bonds. The number of fused-ring (bicyclic) bond motifs is 1. The highest BCUT2D eigenvalue weighted by molar-refractivity contribution is 6.42. The predicted octanol–water partition coefficient (Wildman–Crippen LogP) is 6.87. The molecule has 28 heavy (non-hydrogen) atoms. The van der Waals surface area contributed by atoms with Crippen molar-refractivity contribution in [1.82, 2.24) is 4.98 Å². The summed E-state index contributed by atoms with van der Waals surface area (Å²) in [5.74, 6) is -0.00537. The molecular weight excluding hydrogens is 400 g/mol. The summed E-state index contributed by atoms with van der Waals surface area (Å²) in [6.07, 6.45) is 0. The van der Waals surface area contributed by atoms with Gasteiger partial charge in [-0.05, 0) is 36.4 Å². The monoisotopic (exact) mass is 413 g/mol. The number of phenols is 1. The van der Waals surface area contributed by atoms with Crippen molar-refractivity contribution >= 4 is 57.0 Å². The molecule has 0 saturated carbocycles. The molecule has 0 bridgehead atoms. The van der Waals surface area contributed by atoms with E-state index in [1.165, 1.54) is 6.07 Å². The number of pyridine rings is 1. The van der Waals surface area contributed by atoms with E-state index < -0.39 is 5.82 Å². The molecule has 0 atom stereocenters. The van der Waals surface area contributed by atoms with Crippen molar-refractivity contribution in [3.63, 3.8) is 0 Å². The number of hydrogen-bond acceptors (Lipinski definition) is 4. The summed E-state index contributed by atoms with van der Waals surface area (Å²) >= 11 is 12.1. The molecule has 1 aromatic heterocycles. The van der Waals surface area contributed by atoms with E-state index in [4.69, 9.17) is 23.2 Å². The van der Waals surface area contributed by atoms with Crippen LogP contribution in [0.25, 0.3) is 10.9 Å². The Hall–Kier alpha value is -3.02. The van der Waals surface area contributed by atoms with E-state index in [-0.39, 0.29) is 11.3 Å². The lowest BCUT2D eigenvalue weighted by Gasteiger charge is -2.14. The average Bonchev–Trinajstić information content (AvgIpc) is 2.67. The number of halogens is 3. The van der Waals surface area contributed by atoms with Gasteiger partial charge in [0.2, 0.25) is 0 Å². The fraction of sp³-hybridized carbons (Fsp3) is 0. The van der Waals surface area contributed by atoms with Gasteiger partial charge in [0.05, 0.1) is 21.4 Å². The lowest BCUT2D eigenvalue weighted by molar-refractivity contribution is 0.477. The summed E-state index contributed by atoms with van der Waals surface area (Å²) in [5.41, 5.74) is 1.98. The Morgan fingerprint density at radius 1 is 0.821 bits per heavy atom. The highest BCUT2D eigenvalue weighted by Crippen LogP contribution is 2.34. The van der Waals surface area contributed by atoms with Gasteiger partial charge < -0.3 is 15.7 Å². The van der Waals surface area contributed by atoms with Gasteiger partial charge in [0.25, 0.3) is 0 Å². The number of phenolic OH excluding ortho intramolecular Hbond substituents is 1. The number of hydrogen-bond donors (Lipinski definition) is 3. The van der Waals surface area contributed by atoms with Crippen LogP contribution in [0.2, 0.25) is 10.0 Å². The maximum absolute atomic E-state index is 14.4. The summed E-state index contributed by atoms with van der Waals surface area (Å²) in [6, 6.07) is 18.4. The van der Waals surface area contributed by atoms with E-state index in [0.717, 1.165) is 0 Å². The topological polar surface area (TPSA) is 57.2 Å². The van der Waals surface area contributed by atoms with Crippen molar-refractivity contribution in [3.8, 4) is 5.75 Å². The highest BCUT2D eigenvalue weighted by Gasteiger charge is 2.12. The fourth-order valence-electron chi connectivity index (χ4n) is 2.83. The number of nitrogens with one attached hydrogen (secondary N) is 2. The normalized spacial score (nSPS) is 10.8. The van der Waals surface area contributed by atoms with Gasteiger partial charge in [-0.2, -0.15) is 0 Å². The number of rotatable bonds is 4. The lowest BCUT2D eigenvalue weighted by atomic mass is 10.1. The first-order valence-electron chi connectivity index (χ1n) is 8.37. The first kappa shape index (κ1) is 18.3. The highest BCUT2D eigenvalue weighted by atomic mass is 35.5. The van der Waals surface area contributed by atoms with Crippen molar-refractivity contribution in [2.45, 2.75) is 0 Å². The number of benzene rings is 3. The van der Waals surface area contributed by atoms with Gasteiger partial charge >= 0.3 is 0 Å². The zero-order chi connectivity index (χ0) is 19.7. The van der Waals surface area contributed by atoms with Gasteiger partial charge in [-0.3, -0.25) is 0 Å². The molecule has 1 heterocycles. The van der Waals surface area contributed by atoms with Crippen LogP contribution in [0.3, 0.4) is 0 Å². The fourth-order valence-corrected chi connectivity index (χ4v) is 3.13. The Kier molecular flexibility index (Phi) is 4.94. The maximum atomic E-state index is 14.4. The van der Waals surface area contributed by atoms with Crippen molar-refractivity contribution in [3.05, 3.63) is 82.6 Å². The third-order valence-corrected chi connectivity index (χ3v) is 4.89. The summed E-state index contributed by atoms with van der Waals surface area (Å²) in [7, 11) is 0. The smallest absolute Gasteiger partial charge is 0.149 e. The number of aromatic hydroxyl groups is 1. The van der Waals surface area contributed by atoms with Crippen LogP contribution in [0.4, 0.5) is 27.3 Å². The van der Waals surface area contributed by atoms with E-state index in [9.17, 15) is 9.50 Å². The van der Waals surface area contributed by atoms with Gasteiger partial charge in [0.1, 0.15) is 22.9 Å². The summed E-state index contributed by atoms with van der Waals surface area (Å²) in [6.45, 7) is 0. The molecule has 0 fully saturated rings. The van der Waals surface area contributed by atoms with E-state index in [1.54, 1.807) is 60.7 Å². The zero-order valence-corrected chi connectivity index (χ0v) is 15.9. The van der Waals surface area contributed by atoms with Gasteiger partial charge in [-0.1, -0.05) is 47.5 Å². The second-order valence-electron chi connectivity index (χ2n) is 6.09. The number of para-hydroxylation sites is 3. The van der Waals surface area contributed by atoms with Gasteiger partial charge in [0, 0.05) is 17.1 Å². The predicted molar refractivity (Wildman–Crippen MR) is 113 cm³/mol. The molecule has 0 unspecified atom stereocenters. The molecule has 0 spiro atoms. The molecule has 0 aliphatic carbocycles. The van der Waals surface area contributed by atoms with E-state index in [1.807, 2.05) is 0 Å². The molecule has 4 nitrogen and oxygen atoms in total. The van der Waals surface area contributed by atoms with Gasteiger partial charge in [-0.15, -0.1) is 0 Å². The summed E-state index contributed by atoms with van der Waals surface area (Å²) in [4.78, 5) is 4.36.